The summed E-state index contributed by atoms with van der Waals surface area (Å²) in [6, 6.07) is 14.0. The Morgan fingerprint density at radius 1 is 0.971 bits per heavy atom. The standard InChI is InChI=1S/C27H35N3O5/c1-33-23-17-25-24(34-14-15-35-25)16-22(23)18-30-13-5-11-28-26(31)9-8-21(10-12-29-27(32)19-30)20-6-3-2-4-7-20/h2-4,6-7,16-17,21H,5,8-15,18-19H2,1H3,(H,28,31)(H,29,32). The van der Waals surface area contributed by atoms with Crippen molar-refractivity contribution in [3.63, 3.8) is 0 Å². The highest BCUT2D eigenvalue weighted by Gasteiger charge is 2.20. The van der Waals surface area contributed by atoms with Gasteiger partial charge in [0.25, 0.3) is 0 Å². The Balaban J connectivity index is 1.44. The van der Waals surface area contributed by atoms with Gasteiger partial charge >= 0.3 is 0 Å². The molecule has 2 aromatic rings. The molecule has 0 aliphatic carbocycles. The van der Waals surface area contributed by atoms with Crippen molar-refractivity contribution in [1.82, 2.24) is 15.5 Å². The molecule has 35 heavy (non-hydrogen) atoms. The Hall–Kier alpha value is -3.26. The number of carbonyl (C=O) groups excluding carboxylic acids is 2. The van der Waals surface area contributed by atoms with E-state index in [1.807, 2.05) is 30.3 Å². The zero-order valence-electron chi connectivity index (χ0n) is 20.4. The van der Waals surface area contributed by atoms with E-state index in [-0.39, 0.29) is 24.3 Å². The van der Waals surface area contributed by atoms with Gasteiger partial charge in [-0.1, -0.05) is 30.3 Å². The van der Waals surface area contributed by atoms with Gasteiger partial charge in [-0.15, -0.1) is 0 Å². The van der Waals surface area contributed by atoms with E-state index in [0.717, 1.165) is 24.8 Å². The van der Waals surface area contributed by atoms with E-state index in [2.05, 4.69) is 27.7 Å². The van der Waals surface area contributed by atoms with Gasteiger partial charge in [-0.05, 0) is 36.8 Å². The van der Waals surface area contributed by atoms with E-state index in [4.69, 9.17) is 14.2 Å². The van der Waals surface area contributed by atoms with Crippen LogP contribution >= 0.6 is 0 Å². The van der Waals surface area contributed by atoms with Crippen LogP contribution in [-0.2, 0) is 16.1 Å². The highest BCUT2D eigenvalue weighted by atomic mass is 16.6. The maximum Gasteiger partial charge on any atom is 0.234 e. The van der Waals surface area contributed by atoms with Gasteiger partial charge in [-0.2, -0.15) is 0 Å². The van der Waals surface area contributed by atoms with Crippen molar-refractivity contribution in [1.29, 1.82) is 0 Å². The van der Waals surface area contributed by atoms with E-state index in [1.54, 1.807) is 7.11 Å². The second-order valence-electron chi connectivity index (χ2n) is 9.01. The smallest absolute Gasteiger partial charge is 0.234 e. The van der Waals surface area contributed by atoms with Gasteiger partial charge in [0.05, 0.1) is 13.7 Å². The molecule has 8 nitrogen and oxygen atoms in total. The second-order valence-corrected chi connectivity index (χ2v) is 9.01. The molecule has 1 atom stereocenters. The molecular formula is C27H35N3O5. The number of hydrogen-bond donors (Lipinski definition) is 2. The molecule has 0 radical (unpaired) electrons. The predicted molar refractivity (Wildman–Crippen MR) is 133 cm³/mol. The third kappa shape index (κ3) is 7.11. The van der Waals surface area contributed by atoms with Crippen LogP contribution in [-0.4, -0.2) is 63.2 Å². The molecular weight excluding hydrogens is 446 g/mol. The lowest BCUT2D eigenvalue weighted by Crippen LogP contribution is -2.39. The van der Waals surface area contributed by atoms with Crippen molar-refractivity contribution in [2.45, 2.75) is 38.1 Å². The first-order valence-electron chi connectivity index (χ1n) is 12.4. The molecule has 4 rings (SSSR count). The molecule has 0 aromatic heterocycles. The quantitative estimate of drug-likeness (QED) is 0.698. The fourth-order valence-electron chi connectivity index (χ4n) is 4.65. The Kier molecular flexibility index (Phi) is 8.84. The van der Waals surface area contributed by atoms with Crippen molar-refractivity contribution >= 4 is 11.8 Å². The molecule has 2 N–H and O–H groups in total. The summed E-state index contributed by atoms with van der Waals surface area (Å²) >= 11 is 0. The number of benzene rings is 2. The van der Waals surface area contributed by atoms with E-state index in [9.17, 15) is 9.59 Å². The molecule has 1 saturated heterocycles. The fourth-order valence-corrected chi connectivity index (χ4v) is 4.65. The van der Waals surface area contributed by atoms with Gasteiger partial charge in [0.2, 0.25) is 11.8 Å². The summed E-state index contributed by atoms with van der Waals surface area (Å²) in [5, 5.41) is 6.12. The molecule has 188 valence electrons. The van der Waals surface area contributed by atoms with Crippen LogP contribution in [0.3, 0.4) is 0 Å². The van der Waals surface area contributed by atoms with Crippen LogP contribution in [0.1, 0.15) is 42.7 Å². The zero-order valence-corrected chi connectivity index (χ0v) is 20.4. The third-order valence-electron chi connectivity index (χ3n) is 6.49. The minimum atomic E-state index is -0.00517. The van der Waals surface area contributed by atoms with Crippen molar-refractivity contribution in [2.75, 3.05) is 46.5 Å². The molecule has 0 bridgehead atoms. The number of methoxy groups -OCH3 is 1. The highest BCUT2D eigenvalue weighted by Crippen LogP contribution is 2.37. The third-order valence-corrected chi connectivity index (χ3v) is 6.49. The number of hydrogen-bond acceptors (Lipinski definition) is 6. The molecule has 2 aliphatic heterocycles. The molecule has 2 aromatic carbocycles. The average molecular weight is 482 g/mol. The molecule has 1 unspecified atom stereocenters. The maximum absolute atomic E-state index is 12.8. The second kappa shape index (κ2) is 12.4. The van der Waals surface area contributed by atoms with Crippen LogP contribution in [0.2, 0.25) is 0 Å². The lowest BCUT2D eigenvalue weighted by Gasteiger charge is -2.26. The number of carbonyl (C=O) groups is 2. The summed E-state index contributed by atoms with van der Waals surface area (Å²) in [6.07, 6.45) is 2.78. The van der Waals surface area contributed by atoms with Crippen LogP contribution < -0.4 is 24.8 Å². The zero-order chi connectivity index (χ0) is 24.5. The first kappa shape index (κ1) is 24.9. The van der Waals surface area contributed by atoms with Crippen LogP contribution in [0, 0.1) is 0 Å². The van der Waals surface area contributed by atoms with E-state index in [0.29, 0.717) is 63.1 Å². The molecule has 2 aliphatic rings. The molecule has 0 spiro atoms. The molecule has 2 heterocycles. The summed E-state index contributed by atoms with van der Waals surface area (Å²) in [5.41, 5.74) is 2.13. The molecule has 0 saturated carbocycles. The molecule has 8 heteroatoms. The Bertz CT molecular complexity index is 998. The molecule has 2 amide bonds. The maximum atomic E-state index is 12.8. The Labute approximate surface area is 206 Å². The summed E-state index contributed by atoms with van der Waals surface area (Å²) in [6.45, 7) is 3.62. The van der Waals surface area contributed by atoms with E-state index < -0.39 is 0 Å². The van der Waals surface area contributed by atoms with Gasteiger partial charge in [0.15, 0.2) is 11.5 Å². The van der Waals surface area contributed by atoms with Gasteiger partial charge < -0.3 is 24.8 Å². The van der Waals surface area contributed by atoms with Gasteiger partial charge in [-0.25, -0.2) is 0 Å². The summed E-state index contributed by atoms with van der Waals surface area (Å²) in [4.78, 5) is 27.4. The summed E-state index contributed by atoms with van der Waals surface area (Å²) in [5.74, 6) is 2.36. The fraction of sp³-hybridized carbons (Fsp3) is 0.481. The minimum absolute atomic E-state index is 0.00517. The summed E-state index contributed by atoms with van der Waals surface area (Å²) < 4.78 is 17.0. The SMILES string of the molecule is COc1cc2c(cc1CN1CCCNC(=O)CCC(c3ccccc3)CCNC(=O)C1)OCCO2. The topological polar surface area (TPSA) is 89.1 Å². The average Bonchev–Trinajstić information content (AvgIpc) is 2.88. The number of amides is 2. The first-order chi connectivity index (χ1) is 17.1. The van der Waals surface area contributed by atoms with E-state index in [1.165, 1.54) is 5.56 Å². The van der Waals surface area contributed by atoms with Crippen LogP contribution in [0.25, 0.3) is 0 Å². The number of nitrogens with zero attached hydrogens (tertiary/aromatic N) is 1. The van der Waals surface area contributed by atoms with Gasteiger partial charge in [0.1, 0.15) is 19.0 Å². The normalized spacial score (nSPS) is 20.3. The lowest BCUT2D eigenvalue weighted by molar-refractivity contribution is -0.123. The van der Waals surface area contributed by atoms with E-state index >= 15 is 0 Å². The Morgan fingerprint density at radius 3 is 2.49 bits per heavy atom. The van der Waals surface area contributed by atoms with Crippen molar-refractivity contribution < 1.29 is 23.8 Å². The highest BCUT2D eigenvalue weighted by molar-refractivity contribution is 5.78. The number of ether oxygens (including phenoxy) is 3. The molecule has 1 fully saturated rings. The summed E-state index contributed by atoms with van der Waals surface area (Å²) in [7, 11) is 1.63. The van der Waals surface area contributed by atoms with Crippen molar-refractivity contribution in [2.24, 2.45) is 0 Å². The monoisotopic (exact) mass is 481 g/mol. The number of rotatable bonds is 4. The number of nitrogens with one attached hydrogen (secondary N) is 2. The minimum Gasteiger partial charge on any atom is -0.496 e. The van der Waals surface area contributed by atoms with Crippen LogP contribution in [0.4, 0.5) is 0 Å². The first-order valence-corrected chi connectivity index (χ1v) is 12.4. The van der Waals surface area contributed by atoms with Crippen LogP contribution in [0.15, 0.2) is 42.5 Å². The van der Waals surface area contributed by atoms with Gasteiger partial charge in [-0.3, -0.25) is 14.5 Å². The largest absolute Gasteiger partial charge is 0.496 e. The Morgan fingerprint density at radius 2 is 1.71 bits per heavy atom. The van der Waals surface area contributed by atoms with Gasteiger partial charge in [0, 0.05) is 44.2 Å². The lowest BCUT2D eigenvalue weighted by atomic mass is 9.91. The van der Waals surface area contributed by atoms with Crippen molar-refractivity contribution in [3.8, 4) is 17.2 Å². The van der Waals surface area contributed by atoms with Crippen molar-refractivity contribution in [3.05, 3.63) is 53.6 Å². The van der Waals surface area contributed by atoms with Crippen LogP contribution in [0.5, 0.6) is 17.2 Å². The predicted octanol–water partition coefficient (Wildman–Crippen LogP) is 2.86. The number of fused-ring (bicyclic) bond motifs is 1.